The molecule has 1 aromatic heterocycles. The molecule has 0 bridgehead atoms. The van der Waals surface area contributed by atoms with Crippen molar-refractivity contribution < 1.29 is 22.7 Å². The van der Waals surface area contributed by atoms with Crippen LogP contribution < -0.4 is 5.32 Å². The van der Waals surface area contributed by atoms with E-state index in [1.165, 1.54) is 4.68 Å². The van der Waals surface area contributed by atoms with Crippen molar-refractivity contribution in [2.24, 2.45) is 0 Å². The molecule has 1 N–H and O–H groups in total. The third kappa shape index (κ3) is 4.52. The number of alkyl halides is 3. The Balaban J connectivity index is 1.69. The fourth-order valence-electron chi connectivity index (χ4n) is 2.93. The molecule has 2 aliphatic rings. The standard InChI is InChI=1S/C16H23F3N4O2/c1-2-11(10-22-5-7-25-8-6-22)20-15(24)13-9-14(16(17,18)19)21-23(13)12-3-4-12/h9,11-12H,2-8,10H2,1H3,(H,20,24). The Bertz CT molecular complexity index is 607. The largest absolute Gasteiger partial charge is 0.435 e. The van der Waals surface area contributed by atoms with Crippen LogP contribution >= 0.6 is 0 Å². The van der Waals surface area contributed by atoms with E-state index in [4.69, 9.17) is 4.74 Å². The highest BCUT2D eigenvalue weighted by Gasteiger charge is 2.38. The molecule has 3 rings (SSSR count). The van der Waals surface area contributed by atoms with Crippen molar-refractivity contribution in [3.8, 4) is 0 Å². The highest BCUT2D eigenvalue weighted by atomic mass is 19.4. The van der Waals surface area contributed by atoms with Crippen molar-refractivity contribution in [1.29, 1.82) is 0 Å². The topological polar surface area (TPSA) is 59.4 Å². The van der Waals surface area contributed by atoms with E-state index in [9.17, 15) is 18.0 Å². The van der Waals surface area contributed by atoms with Gasteiger partial charge in [-0.1, -0.05) is 6.92 Å². The van der Waals surface area contributed by atoms with Crippen molar-refractivity contribution in [3.63, 3.8) is 0 Å². The maximum absolute atomic E-state index is 12.9. The summed E-state index contributed by atoms with van der Waals surface area (Å²) in [4.78, 5) is 14.8. The minimum atomic E-state index is -4.55. The summed E-state index contributed by atoms with van der Waals surface area (Å²) in [6.45, 7) is 5.52. The molecule has 6 nitrogen and oxygen atoms in total. The summed E-state index contributed by atoms with van der Waals surface area (Å²) in [5, 5.41) is 6.49. The van der Waals surface area contributed by atoms with E-state index < -0.39 is 17.8 Å². The Morgan fingerprint density at radius 3 is 2.64 bits per heavy atom. The number of nitrogens with one attached hydrogen (secondary N) is 1. The zero-order valence-corrected chi connectivity index (χ0v) is 14.2. The number of hydrogen-bond acceptors (Lipinski definition) is 4. The summed E-state index contributed by atoms with van der Waals surface area (Å²) in [6.07, 6.45) is -2.34. The van der Waals surface area contributed by atoms with Crippen LogP contribution in [-0.2, 0) is 10.9 Å². The maximum atomic E-state index is 12.9. The Morgan fingerprint density at radius 1 is 1.40 bits per heavy atom. The summed E-state index contributed by atoms with van der Waals surface area (Å²) in [5.74, 6) is -0.491. The molecule has 1 atom stereocenters. The summed E-state index contributed by atoms with van der Waals surface area (Å²) in [6, 6.07) is 0.633. The number of hydrogen-bond donors (Lipinski definition) is 1. The summed E-state index contributed by atoms with van der Waals surface area (Å²) < 4.78 is 45.4. The van der Waals surface area contributed by atoms with Gasteiger partial charge >= 0.3 is 6.18 Å². The highest BCUT2D eigenvalue weighted by Crippen LogP contribution is 2.37. The van der Waals surface area contributed by atoms with E-state index in [0.29, 0.717) is 26.2 Å². The quantitative estimate of drug-likeness (QED) is 0.844. The first-order chi connectivity index (χ1) is 11.9. The van der Waals surface area contributed by atoms with Gasteiger partial charge in [0.2, 0.25) is 0 Å². The van der Waals surface area contributed by atoms with Gasteiger partial charge in [-0.25, -0.2) is 0 Å². The molecule has 0 radical (unpaired) electrons. The monoisotopic (exact) mass is 360 g/mol. The average Bonchev–Trinajstić information content (AvgIpc) is 3.31. The van der Waals surface area contributed by atoms with Crippen LogP contribution in [0.5, 0.6) is 0 Å². The predicted molar refractivity (Wildman–Crippen MR) is 84.3 cm³/mol. The van der Waals surface area contributed by atoms with Crippen LogP contribution in [0, 0.1) is 0 Å². The van der Waals surface area contributed by atoms with Gasteiger partial charge in [-0.05, 0) is 19.3 Å². The van der Waals surface area contributed by atoms with Crippen LogP contribution in [0.4, 0.5) is 13.2 Å². The Hall–Kier alpha value is -1.61. The summed E-state index contributed by atoms with van der Waals surface area (Å²) in [7, 11) is 0. The van der Waals surface area contributed by atoms with Gasteiger partial charge in [0.05, 0.1) is 19.3 Å². The highest BCUT2D eigenvalue weighted by molar-refractivity contribution is 5.93. The van der Waals surface area contributed by atoms with Gasteiger partial charge in [-0.3, -0.25) is 14.4 Å². The Kier molecular flexibility index (Phi) is 5.33. The van der Waals surface area contributed by atoms with Crippen molar-refractivity contribution in [3.05, 3.63) is 17.5 Å². The maximum Gasteiger partial charge on any atom is 0.435 e. The van der Waals surface area contributed by atoms with Crippen LogP contribution in [-0.4, -0.2) is 59.5 Å². The molecular weight excluding hydrogens is 337 g/mol. The zero-order chi connectivity index (χ0) is 18.0. The van der Waals surface area contributed by atoms with Gasteiger partial charge in [0.25, 0.3) is 5.91 Å². The lowest BCUT2D eigenvalue weighted by molar-refractivity contribution is -0.141. The SMILES string of the molecule is CCC(CN1CCOCC1)NC(=O)c1cc(C(F)(F)F)nn1C1CC1. The summed E-state index contributed by atoms with van der Waals surface area (Å²) >= 11 is 0. The first-order valence-electron chi connectivity index (χ1n) is 8.66. The lowest BCUT2D eigenvalue weighted by Gasteiger charge is -2.30. The molecule has 1 amide bonds. The van der Waals surface area contributed by atoms with Gasteiger partial charge in [-0.15, -0.1) is 0 Å². The lowest BCUT2D eigenvalue weighted by Crippen LogP contribution is -2.47. The molecule has 2 fully saturated rings. The van der Waals surface area contributed by atoms with E-state index in [-0.39, 0.29) is 17.8 Å². The first-order valence-corrected chi connectivity index (χ1v) is 8.66. The molecule has 1 aromatic rings. The molecule has 1 saturated carbocycles. The third-order valence-corrected chi connectivity index (χ3v) is 4.56. The Morgan fingerprint density at radius 2 is 2.08 bits per heavy atom. The number of carbonyl (C=O) groups is 1. The van der Waals surface area contributed by atoms with E-state index in [1.54, 1.807) is 0 Å². The number of aromatic nitrogens is 2. The number of ether oxygens (including phenoxy) is 1. The molecule has 25 heavy (non-hydrogen) atoms. The number of carbonyl (C=O) groups excluding carboxylic acids is 1. The van der Waals surface area contributed by atoms with E-state index in [2.05, 4.69) is 15.3 Å². The fourth-order valence-corrected chi connectivity index (χ4v) is 2.93. The minimum absolute atomic E-state index is 0.00440. The van der Waals surface area contributed by atoms with Crippen molar-refractivity contribution in [2.75, 3.05) is 32.8 Å². The van der Waals surface area contributed by atoms with Crippen LogP contribution in [0.2, 0.25) is 0 Å². The molecular formula is C16H23F3N4O2. The van der Waals surface area contributed by atoms with Crippen LogP contribution in [0.1, 0.15) is 48.4 Å². The fraction of sp³-hybridized carbons (Fsp3) is 0.750. The Labute approximate surface area is 144 Å². The average molecular weight is 360 g/mol. The molecule has 2 heterocycles. The van der Waals surface area contributed by atoms with E-state index in [1.807, 2.05) is 6.92 Å². The van der Waals surface area contributed by atoms with Gasteiger partial charge in [0.15, 0.2) is 5.69 Å². The molecule has 140 valence electrons. The zero-order valence-electron chi connectivity index (χ0n) is 14.2. The smallest absolute Gasteiger partial charge is 0.379 e. The van der Waals surface area contributed by atoms with Gasteiger partial charge < -0.3 is 10.1 Å². The number of amides is 1. The van der Waals surface area contributed by atoms with Crippen LogP contribution in [0.3, 0.4) is 0 Å². The van der Waals surface area contributed by atoms with Gasteiger partial charge in [-0.2, -0.15) is 18.3 Å². The summed E-state index contributed by atoms with van der Waals surface area (Å²) in [5.41, 5.74) is -1.01. The van der Waals surface area contributed by atoms with Crippen LogP contribution in [0.25, 0.3) is 0 Å². The normalized spacial score (nSPS) is 20.5. The molecule has 1 unspecified atom stereocenters. The molecule has 1 aliphatic carbocycles. The van der Waals surface area contributed by atoms with E-state index >= 15 is 0 Å². The third-order valence-electron chi connectivity index (χ3n) is 4.56. The molecule has 1 saturated heterocycles. The molecule has 9 heteroatoms. The van der Waals surface area contributed by atoms with Crippen molar-refractivity contribution in [2.45, 2.75) is 44.4 Å². The van der Waals surface area contributed by atoms with Crippen LogP contribution in [0.15, 0.2) is 6.07 Å². The predicted octanol–water partition coefficient (Wildman–Crippen LogP) is 2.08. The second-order valence-corrected chi connectivity index (χ2v) is 6.58. The number of halogens is 3. The second-order valence-electron chi connectivity index (χ2n) is 6.58. The molecule has 0 aromatic carbocycles. The lowest BCUT2D eigenvalue weighted by atomic mass is 10.2. The minimum Gasteiger partial charge on any atom is -0.379 e. The second kappa shape index (κ2) is 7.33. The number of morpholine rings is 1. The first kappa shape index (κ1) is 18.2. The molecule has 0 spiro atoms. The van der Waals surface area contributed by atoms with Gasteiger partial charge in [0, 0.05) is 31.7 Å². The number of rotatable bonds is 6. The van der Waals surface area contributed by atoms with Crippen molar-refractivity contribution >= 4 is 5.91 Å². The molecule has 1 aliphatic heterocycles. The number of nitrogens with zero attached hydrogens (tertiary/aromatic N) is 3. The van der Waals surface area contributed by atoms with Gasteiger partial charge in [0.1, 0.15) is 5.69 Å². The van der Waals surface area contributed by atoms with Crippen molar-refractivity contribution in [1.82, 2.24) is 20.0 Å². The van der Waals surface area contributed by atoms with E-state index in [0.717, 1.165) is 32.0 Å².